The second kappa shape index (κ2) is 11.8. The molecule has 3 N–H and O–H groups in total. The van der Waals surface area contributed by atoms with Crippen molar-refractivity contribution in [3.05, 3.63) is 105 Å². The third-order valence-electron chi connectivity index (χ3n) is 5.64. The molecule has 1 atom stereocenters. The summed E-state index contributed by atoms with van der Waals surface area (Å²) >= 11 is 4.41. The predicted molar refractivity (Wildman–Crippen MR) is 145 cm³/mol. The molecule has 0 aliphatic carbocycles. The quantitative estimate of drug-likeness (QED) is 0.270. The maximum absolute atomic E-state index is 13.4. The van der Waals surface area contributed by atoms with Crippen molar-refractivity contribution >= 4 is 50.9 Å². The number of allylic oxidation sites excluding steroid dienone is 2. The van der Waals surface area contributed by atoms with Gasteiger partial charge < -0.3 is 20.4 Å². The van der Waals surface area contributed by atoms with Gasteiger partial charge in [-0.1, -0.05) is 33.8 Å². The number of carbonyl (C=O) groups is 2. The van der Waals surface area contributed by atoms with Gasteiger partial charge in [0.25, 0.3) is 5.91 Å². The molecule has 1 aliphatic heterocycles. The monoisotopic (exact) mass is 616 g/mol. The zero-order valence-electron chi connectivity index (χ0n) is 20.2. The van der Waals surface area contributed by atoms with Crippen molar-refractivity contribution < 1.29 is 27.2 Å². The number of anilines is 2. The molecular formula is C27H20BrF3N4O3S. The van der Waals surface area contributed by atoms with Gasteiger partial charge in [-0.05, 0) is 61.5 Å². The van der Waals surface area contributed by atoms with Crippen LogP contribution in [-0.4, -0.2) is 17.6 Å². The first kappa shape index (κ1) is 28.1. The lowest BCUT2D eigenvalue weighted by atomic mass is 9.85. The molecule has 2 amide bonds. The molecule has 1 aromatic heterocycles. The van der Waals surface area contributed by atoms with Crippen molar-refractivity contribution in [3.8, 4) is 6.07 Å². The molecule has 2 heterocycles. The lowest BCUT2D eigenvalue weighted by Crippen LogP contribution is -2.31. The van der Waals surface area contributed by atoms with E-state index >= 15 is 0 Å². The number of amides is 2. The number of thioether (sulfide) groups is 1. The van der Waals surface area contributed by atoms with Gasteiger partial charge in [-0.25, -0.2) is 0 Å². The zero-order chi connectivity index (χ0) is 28.2. The van der Waals surface area contributed by atoms with Crippen LogP contribution in [0.3, 0.4) is 0 Å². The topological polar surface area (TPSA) is 107 Å². The molecule has 3 aromatic rings. The average Bonchev–Trinajstić information content (AvgIpc) is 3.42. The second-order valence-corrected chi connectivity index (χ2v) is 10.2. The number of hydrogen-bond acceptors (Lipinski definition) is 6. The number of furan rings is 1. The van der Waals surface area contributed by atoms with Gasteiger partial charge in [0, 0.05) is 21.5 Å². The van der Waals surface area contributed by atoms with Crippen LogP contribution in [0.5, 0.6) is 0 Å². The average molecular weight is 617 g/mol. The highest BCUT2D eigenvalue weighted by atomic mass is 79.9. The Morgan fingerprint density at radius 1 is 1.10 bits per heavy atom. The molecule has 0 fully saturated rings. The van der Waals surface area contributed by atoms with Crippen LogP contribution < -0.4 is 16.0 Å². The van der Waals surface area contributed by atoms with Gasteiger partial charge in [-0.2, -0.15) is 18.4 Å². The van der Waals surface area contributed by atoms with Crippen LogP contribution in [0.1, 0.15) is 24.2 Å². The Balaban J connectivity index is 1.58. The van der Waals surface area contributed by atoms with E-state index in [9.17, 15) is 28.0 Å². The van der Waals surface area contributed by atoms with Gasteiger partial charge in [0.05, 0.1) is 45.7 Å². The molecule has 0 saturated carbocycles. The van der Waals surface area contributed by atoms with E-state index in [0.717, 1.165) is 28.4 Å². The Bertz CT molecular complexity index is 1490. The summed E-state index contributed by atoms with van der Waals surface area (Å²) in [7, 11) is 0. The molecular weight excluding hydrogens is 597 g/mol. The number of carbonyl (C=O) groups excluding carboxylic acids is 2. The maximum Gasteiger partial charge on any atom is 0.416 e. The minimum atomic E-state index is -4.58. The lowest BCUT2D eigenvalue weighted by Gasteiger charge is -2.28. The summed E-state index contributed by atoms with van der Waals surface area (Å²) < 4.78 is 45.9. The zero-order valence-corrected chi connectivity index (χ0v) is 22.6. The first-order valence-corrected chi connectivity index (χ1v) is 13.2. The molecule has 200 valence electrons. The van der Waals surface area contributed by atoms with Gasteiger partial charge in [0.1, 0.15) is 5.76 Å². The summed E-state index contributed by atoms with van der Waals surface area (Å²) in [5.41, 5.74) is 0.228. The van der Waals surface area contributed by atoms with Gasteiger partial charge in [0.15, 0.2) is 0 Å². The summed E-state index contributed by atoms with van der Waals surface area (Å²) in [6.07, 6.45) is -3.19. The minimum Gasteiger partial charge on any atom is -0.468 e. The van der Waals surface area contributed by atoms with Crippen LogP contribution in [0.15, 0.2) is 97.7 Å². The van der Waals surface area contributed by atoms with Crippen LogP contribution in [0.25, 0.3) is 0 Å². The van der Waals surface area contributed by atoms with Gasteiger partial charge >= 0.3 is 6.18 Å². The maximum atomic E-state index is 13.4. The molecule has 0 unspecified atom stereocenters. The van der Waals surface area contributed by atoms with Crippen molar-refractivity contribution in [2.45, 2.75) is 19.0 Å². The van der Waals surface area contributed by atoms with E-state index in [1.165, 1.54) is 18.4 Å². The van der Waals surface area contributed by atoms with Crippen molar-refractivity contribution in [1.29, 1.82) is 5.26 Å². The van der Waals surface area contributed by atoms with Crippen LogP contribution in [0, 0.1) is 11.3 Å². The fourth-order valence-corrected chi connectivity index (χ4v) is 5.06. The highest BCUT2D eigenvalue weighted by Crippen LogP contribution is 2.41. The van der Waals surface area contributed by atoms with Gasteiger partial charge in [-0.15, -0.1) is 0 Å². The Labute approximate surface area is 234 Å². The van der Waals surface area contributed by atoms with Crippen LogP contribution in [0.4, 0.5) is 24.5 Å². The Hall–Kier alpha value is -3.95. The number of nitrogens with zero attached hydrogens (tertiary/aromatic N) is 1. The van der Waals surface area contributed by atoms with Crippen molar-refractivity contribution in [3.63, 3.8) is 0 Å². The van der Waals surface area contributed by atoms with Crippen molar-refractivity contribution in [2.75, 3.05) is 16.4 Å². The summed E-state index contributed by atoms with van der Waals surface area (Å²) in [5, 5.41) is 18.7. The molecule has 0 saturated heterocycles. The van der Waals surface area contributed by atoms with E-state index in [0.29, 0.717) is 22.2 Å². The summed E-state index contributed by atoms with van der Waals surface area (Å²) in [5.74, 6) is -1.70. The first-order chi connectivity index (χ1) is 18.6. The number of rotatable bonds is 7. The third-order valence-corrected chi connectivity index (χ3v) is 7.19. The molecule has 12 heteroatoms. The van der Waals surface area contributed by atoms with E-state index in [4.69, 9.17) is 4.42 Å². The van der Waals surface area contributed by atoms with Crippen LogP contribution in [0.2, 0.25) is 0 Å². The van der Waals surface area contributed by atoms with Crippen molar-refractivity contribution in [1.82, 2.24) is 5.32 Å². The van der Waals surface area contributed by atoms with Gasteiger partial charge in [0.2, 0.25) is 5.91 Å². The lowest BCUT2D eigenvalue weighted by molar-refractivity contribution is -0.137. The standard InChI is InChI=1S/C27H20BrF3N4O3S/c1-15-23(25(37)35-19-5-2-4-16(12-19)27(29,30)31)24(21-6-3-11-38-21)20(13-32)26(33-15)39-14-22(36)34-18-9-7-17(28)8-10-18/h2-12,24,33H,14H2,1H3,(H,34,36)(H,35,37)/t24-/m1/s1. The van der Waals surface area contributed by atoms with E-state index in [1.807, 2.05) is 0 Å². The van der Waals surface area contributed by atoms with Crippen LogP contribution in [-0.2, 0) is 15.8 Å². The number of alkyl halides is 3. The van der Waals surface area contributed by atoms with Crippen molar-refractivity contribution in [2.24, 2.45) is 0 Å². The Kier molecular flexibility index (Phi) is 8.52. The van der Waals surface area contributed by atoms with E-state index in [2.05, 4.69) is 37.9 Å². The molecule has 0 radical (unpaired) electrons. The highest BCUT2D eigenvalue weighted by molar-refractivity contribution is 9.10. The second-order valence-electron chi connectivity index (χ2n) is 8.34. The molecule has 0 bridgehead atoms. The summed E-state index contributed by atoms with van der Waals surface area (Å²) in [6.45, 7) is 1.60. The molecule has 2 aromatic carbocycles. The van der Waals surface area contributed by atoms with Crippen LogP contribution >= 0.6 is 27.7 Å². The normalized spacial score (nSPS) is 15.4. The first-order valence-electron chi connectivity index (χ1n) is 11.4. The Morgan fingerprint density at radius 2 is 1.85 bits per heavy atom. The SMILES string of the molecule is CC1=C(C(=O)Nc2cccc(C(F)(F)F)c2)[C@@H](c2ccco2)C(C#N)=C(SCC(=O)Nc2ccc(Br)cc2)N1. The molecule has 4 rings (SSSR count). The number of dihydropyridines is 1. The van der Waals surface area contributed by atoms with E-state index in [1.54, 1.807) is 43.3 Å². The Morgan fingerprint density at radius 3 is 2.49 bits per heavy atom. The highest BCUT2D eigenvalue weighted by Gasteiger charge is 2.37. The largest absolute Gasteiger partial charge is 0.468 e. The number of benzene rings is 2. The third kappa shape index (κ3) is 6.74. The molecule has 7 nitrogen and oxygen atoms in total. The summed E-state index contributed by atoms with van der Waals surface area (Å²) in [6, 6.07) is 16.6. The van der Waals surface area contributed by atoms with Gasteiger partial charge in [-0.3, -0.25) is 9.59 Å². The number of halogens is 4. The molecule has 39 heavy (non-hydrogen) atoms. The predicted octanol–water partition coefficient (Wildman–Crippen LogP) is 6.77. The number of nitriles is 1. The molecule has 0 spiro atoms. The fraction of sp³-hybridized carbons (Fsp3) is 0.148. The van der Waals surface area contributed by atoms with E-state index in [-0.39, 0.29) is 28.5 Å². The minimum absolute atomic E-state index is 0.0342. The summed E-state index contributed by atoms with van der Waals surface area (Å²) in [4.78, 5) is 25.9. The molecule has 1 aliphatic rings. The number of nitrogens with one attached hydrogen (secondary N) is 3. The number of hydrogen-bond donors (Lipinski definition) is 3. The smallest absolute Gasteiger partial charge is 0.416 e. The fourth-order valence-electron chi connectivity index (χ4n) is 3.91. The van der Waals surface area contributed by atoms with E-state index < -0.39 is 23.6 Å².